The molecule has 1 aromatic heterocycles. The van der Waals surface area contributed by atoms with Gasteiger partial charge >= 0.3 is 0 Å². The maximum atomic E-state index is 9.00. The highest BCUT2D eigenvalue weighted by Crippen LogP contribution is 2.29. The van der Waals surface area contributed by atoms with E-state index in [1.165, 1.54) is 0 Å². The second-order valence-corrected chi connectivity index (χ2v) is 6.56. The molecule has 0 N–H and O–H groups in total. The van der Waals surface area contributed by atoms with Gasteiger partial charge in [-0.25, -0.2) is 4.98 Å². The molecule has 1 atom stereocenters. The van der Waals surface area contributed by atoms with Gasteiger partial charge in [-0.05, 0) is 36.5 Å². The second-order valence-electron chi connectivity index (χ2n) is 6.56. The van der Waals surface area contributed by atoms with Gasteiger partial charge in [-0.15, -0.1) is 0 Å². The largest absolute Gasteiger partial charge is 0.328 e. The molecule has 1 heterocycles. The van der Waals surface area contributed by atoms with Gasteiger partial charge in [-0.1, -0.05) is 27.7 Å². The smallest absolute Gasteiger partial charge is 0.110 e. The number of hydrogen-bond donors (Lipinski definition) is 0. The Morgan fingerprint density at radius 1 is 1.35 bits per heavy atom. The van der Waals surface area contributed by atoms with Gasteiger partial charge < -0.3 is 4.57 Å². The topological polar surface area (TPSA) is 41.6 Å². The van der Waals surface area contributed by atoms with Crippen LogP contribution in [0.5, 0.6) is 0 Å². The first-order chi connectivity index (χ1) is 9.36. The van der Waals surface area contributed by atoms with Crippen molar-refractivity contribution in [3.63, 3.8) is 0 Å². The van der Waals surface area contributed by atoms with Gasteiger partial charge in [0.25, 0.3) is 0 Å². The molecule has 0 amide bonds. The minimum atomic E-state index is 0.272. The van der Waals surface area contributed by atoms with Crippen LogP contribution in [0.1, 0.15) is 46.0 Å². The molecule has 2 aromatic rings. The molecule has 0 radical (unpaired) electrons. The van der Waals surface area contributed by atoms with Crippen LogP contribution < -0.4 is 0 Å². The summed E-state index contributed by atoms with van der Waals surface area (Å²) in [5.41, 5.74) is 3.01. The Morgan fingerprint density at radius 3 is 2.60 bits per heavy atom. The van der Waals surface area contributed by atoms with E-state index < -0.39 is 0 Å². The van der Waals surface area contributed by atoms with Crippen molar-refractivity contribution >= 4 is 11.0 Å². The molecule has 0 spiro atoms. The molecular formula is C17H23N3. The normalized spacial score (nSPS) is 13.4. The standard InChI is InChI=1S/C17H23N3/c1-6-20-15-8-7-13(11-18)10-14(15)19-16(20)9-12(2)17(3,4)5/h7-8,10,12H,6,9H2,1-5H3. The van der Waals surface area contributed by atoms with Gasteiger partial charge in [0, 0.05) is 13.0 Å². The molecule has 2 rings (SSSR count). The quantitative estimate of drug-likeness (QED) is 0.839. The number of rotatable bonds is 3. The Hall–Kier alpha value is -1.82. The number of benzene rings is 1. The lowest BCUT2D eigenvalue weighted by molar-refractivity contribution is 0.255. The van der Waals surface area contributed by atoms with E-state index in [0.29, 0.717) is 11.5 Å². The molecule has 106 valence electrons. The number of imidazole rings is 1. The summed E-state index contributed by atoms with van der Waals surface area (Å²) in [6.07, 6.45) is 0.966. The summed E-state index contributed by atoms with van der Waals surface area (Å²) >= 11 is 0. The van der Waals surface area contributed by atoms with Crippen LogP contribution in [0.3, 0.4) is 0 Å². The summed E-state index contributed by atoms with van der Waals surface area (Å²) in [6.45, 7) is 12.1. The third kappa shape index (κ3) is 2.70. The van der Waals surface area contributed by atoms with Crippen LogP contribution in [0.15, 0.2) is 18.2 Å². The van der Waals surface area contributed by atoms with Crippen molar-refractivity contribution < 1.29 is 0 Å². The molecular weight excluding hydrogens is 246 g/mol. The number of nitriles is 1. The number of nitrogens with zero attached hydrogens (tertiary/aromatic N) is 3. The number of fused-ring (bicyclic) bond motifs is 1. The van der Waals surface area contributed by atoms with Crippen LogP contribution in [-0.2, 0) is 13.0 Å². The lowest BCUT2D eigenvalue weighted by Crippen LogP contribution is -2.21. The zero-order valence-electron chi connectivity index (χ0n) is 13.1. The Labute approximate surface area is 121 Å². The van der Waals surface area contributed by atoms with Crippen molar-refractivity contribution in [1.29, 1.82) is 5.26 Å². The van der Waals surface area contributed by atoms with E-state index >= 15 is 0 Å². The van der Waals surface area contributed by atoms with E-state index in [0.717, 1.165) is 29.8 Å². The predicted octanol–water partition coefficient (Wildman–Crippen LogP) is 4.15. The van der Waals surface area contributed by atoms with E-state index in [4.69, 9.17) is 10.2 Å². The molecule has 0 aliphatic heterocycles. The Bertz CT molecular complexity index is 653. The first-order valence-electron chi connectivity index (χ1n) is 7.26. The van der Waals surface area contributed by atoms with Crippen LogP contribution >= 0.6 is 0 Å². The van der Waals surface area contributed by atoms with Crippen molar-refractivity contribution in [3.8, 4) is 6.07 Å². The molecule has 1 unspecified atom stereocenters. The highest BCUT2D eigenvalue weighted by atomic mass is 15.1. The minimum Gasteiger partial charge on any atom is -0.328 e. The van der Waals surface area contributed by atoms with Crippen molar-refractivity contribution in [2.75, 3.05) is 0 Å². The number of aromatic nitrogens is 2. The number of hydrogen-bond acceptors (Lipinski definition) is 2. The first-order valence-corrected chi connectivity index (χ1v) is 7.26. The Morgan fingerprint density at radius 2 is 2.05 bits per heavy atom. The molecule has 0 fully saturated rings. The van der Waals surface area contributed by atoms with Crippen LogP contribution in [0.2, 0.25) is 0 Å². The van der Waals surface area contributed by atoms with E-state index in [-0.39, 0.29) is 5.41 Å². The molecule has 0 aliphatic carbocycles. The maximum Gasteiger partial charge on any atom is 0.110 e. The summed E-state index contributed by atoms with van der Waals surface area (Å²) in [4.78, 5) is 4.76. The van der Waals surface area contributed by atoms with Gasteiger partial charge in [0.05, 0.1) is 22.7 Å². The molecule has 0 saturated carbocycles. The Balaban J connectivity index is 2.46. The van der Waals surface area contributed by atoms with Gasteiger partial charge in [0.1, 0.15) is 5.82 Å². The van der Waals surface area contributed by atoms with Gasteiger partial charge in [0.15, 0.2) is 0 Å². The first kappa shape index (κ1) is 14.6. The lowest BCUT2D eigenvalue weighted by atomic mass is 9.80. The molecule has 0 saturated heterocycles. The van der Waals surface area contributed by atoms with E-state index in [1.807, 2.05) is 18.2 Å². The summed E-state index contributed by atoms with van der Waals surface area (Å²) in [5, 5.41) is 9.00. The molecule has 3 nitrogen and oxygen atoms in total. The average Bonchev–Trinajstić information content (AvgIpc) is 2.73. The summed E-state index contributed by atoms with van der Waals surface area (Å²) in [5.74, 6) is 1.68. The molecule has 20 heavy (non-hydrogen) atoms. The van der Waals surface area contributed by atoms with E-state index in [2.05, 4.69) is 45.3 Å². The number of aryl methyl sites for hydroxylation is 1. The molecule has 3 heteroatoms. The van der Waals surface area contributed by atoms with Crippen molar-refractivity contribution in [2.45, 2.75) is 47.6 Å². The Kier molecular flexibility index (Phi) is 3.85. The summed E-state index contributed by atoms with van der Waals surface area (Å²) < 4.78 is 2.26. The average molecular weight is 269 g/mol. The van der Waals surface area contributed by atoms with Crippen LogP contribution in [-0.4, -0.2) is 9.55 Å². The fraction of sp³-hybridized carbons (Fsp3) is 0.529. The second kappa shape index (κ2) is 5.28. The third-order valence-corrected chi connectivity index (χ3v) is 4.24. The fourth-order valence-corrected chi connectivity index (χ4v) is 2.34. The predicted molar refractivity (Wildman–Crippen MR) is 82.4 cm³/mol. The van der Waals surface area contributed by atoms with Crippen molar-refractivity contribution in [1.82, 2.24) is 9.55 Å². The summed E-state index contributed by atoms with van der Waals surface area (Å²) in [6, 6.07) is 7.94. The maximum absolute atomic E-state index is 9.00. The van der Waals surface area contributed by atoms with Crippen molar-refractivity contribution in [2.24, 2.45) is 11.3 Å². The van der Waals surface area contributed by atoms with E-state index in [9.17, 15) is 0 Å². The zero-order chi connectivity index (χ0) is 14.9. The third-order valence-electron chi connectivity index (χ3n) is 4.24. The van der Waals surface area contributed by atoms with Crippen LogP contribution in [0.25, 0.3) is 11.0 Å². The monoisotopic (exact) mass is 269 g/mol. The van der Waals surface area contributed by atoms with Crippen LogP contribution in [0.4, 0.5) is 0 Å². The molecule has 0 aliphatic rings. The van der Waals surface area contributed by atoms with Crippen LogP contribution in [0, 0.1) is 22.7 Å². The van der Waals surface area contributed by atoms with Gasteiger partial charge in [-0.2, -0.15) is 5.26 Å². The fourth-order valence-electron chi connectivity index (χ4n) is 2.34. The van der Waals surface area contributed by atoms with Crippen molar-refractivity contribution in [3.05, 3.63) is 29.6 Å². The van der Waals surface area contributed by atoms with Gasteiger partial charge in [0.2, 0.25) is 0 Å². The highest BCUT2D eigenvalue weighted by molar-refractivity contribution is 5.77. The van der Waals surface area contributed by atoms with E-state index in [1.54, 1.807) is 0 Å². The molecule has 1 aromatic carbocycles. The minimum absolute atomic E-state index is 0.272. The zero-order valence-corrected chi connectivity index (χ0v) is 13.1. The SMILES string of the molecule is CCn1c(CC(C)C(C)(C)C)nc2cc(C#N)ccc21. The summed E-state index contributed by atoms with van der Waals surface area (Å²) in [7, 11) is 0. The van der Waals surface area contributed by atoms with Gasteiger partial charge in [-0.3, -0.25) is 0 Å². The highest BCUT2D eigenvalue weighted by Gasteiger charge is 2.22. The lowest BCUT2D eigenvalue weighted by Gasteiger charge is -2.27. The molecule has 0 bridgehead atoms.